The molecule has 2 saturated heterocycles. The van der Waals surface area contributed by atoms with Crippen molar-refractivity contribution in [1.82, 2.24) is 0 Å². The van der Waals surface area contributed by atoms with Gasteiger partial charge in [0, 0.05) is 0 Å². The quantitative estimate of drug-likeness (QED) is 0.789. The average Bonchev–Trinajstić information content (AvgIpc) is 2.52. The van der Waals surface area contributed by atoms with Crippen molar-refractivity contribution in [1.29, 1.82) is 0 Å². The highest BCUT2D eigenvalue weighted by Gasteiger charge is 2.47. The van der Waals surface area contributed by atoms with Crippen LogP contribution in [0.4, 0.5) is 0 Å². The van der Waals surface area contributed by atoms with Gasteiger partial charge in [-0.2, -0.15) is 0 Å². The third-order valence-corrected chi connectivity index (χ3v) is 3.06. The molecule has 2 heterocycles. The Hall–Kier alpha value is -0.200. The number of hydrogen-bond acceptors (Lipinski definition) is 5. The molecule has 0 spiro atoms. The molecule has 2 fully saturated rings. The maximum Gasteiger partial charge on any atom is 0.164 e. The van der Waals surface area contributed by atoms with E-state index in [-0.39, 0.29) is 24.9 Å². The van der Waals surface area contributed by atoms with Crippen LogP contribution in [0.5, 0.6) is 0 Å². The van der Waals surface area contributed by atoms with E-state index in [4.69, 9.17) is 18.9 Å². The predicted octanol–water partition coefficient (Wildman–Crippen LogP) is 1.04. The topological polar surface area (TPSA) is 57.2 Å². The van der Waals surface area contributed by atoms with E-state index >= 15 is 0 Å². The fraction of sp³-hybridized carbons (Fsp3) is 1.00. The first-order chi connectivity index (χ1) is 7.83. The minimum atomic E-state index is -0.663. The van der Waals surface area contributed by atoms with Gasteiger partial charge in [-0.15, -0.1) is 0 Å². The molecule has 0 aliphatic carbocycles. The molecule has 100 valence electrons. The minimum Gasteiger partial charge on any atom is -0.394 e. The molecule has 2 unspecified atom stereocenters. The minimum absolute atomic E-state index is 0.0603. The summed E-state index contributed by atoms with van der Waals surface area (Å²) in [6.45, 7) is 8.04. The summed E-state index contributed by atoms with van der Waals surface area (Å²) in [4.78, 5) is 0. The fourth-order valence-corrected chi connectivity index (χ4v) is 2.43. The summed E-state index contributed by atoms with van der Waals surface area (Å²) in [7, 11) is 0. The molecular formula is C12H22O5. The molecule has 0 bridgehead atoms. The SMILES string of the molecule is CC1(C)OC(CO)C([C@H]2CCOC(C)(C)O2)O1. The maximum atomic E-state index is 9.34. The molecule has 1 N–H and O–H groups in total. The average molecular weight is 246 g/mol. The van der Waals surface area contributed by atoms with Crippen molar-refractivity contribution in [2.24, 2.45) is 0 Å². The standard InChI is InChI=1S/C12H22O5/c1-11(2)14-6-5-8(15-11)10-9(7-13)16-12(3,4)17-10/h8-10,13H,5-7H2,1-4H3/t8-,9?,10?/m1/s1. The van der Waals surface area contributed by atoms with E-state index in [0.717, 1.165) is 6.42 Å². The number of hydrogen-bond donors (Lipinski definition) is 1. The van der Waals surface area contributed by atoms with Crippen LogP contribution in [0.1, 0.15) is 34.1 Å². The number of aliphatic hydroxyl groups is 1. The number of ether oxygens (including phenoxy) is 4. The van der Waals surface area contributed by atoms with Crippen molar-refractivity contribution in [2.75, 3.05) is 13.2 Å². The third-order valence-electron chi connectivity index (χ3n) is 3.06. The van der Waals surface area contributed by atoms with Crippen LogP contribution in [0.3, 0.4) is 0 Å². The molecule has 0 aromatic heterocycles. The highest BCUT2D eigenvalue weighted by Crippen LogP contribution is 2.35. The van der Waals surface area contributed by atoms with Crippen molar-refractivity contribution >= 4 is 0 Å². The smallest absolute Gasteiger partial charge is 0.164 e. The molecule has 0 amide bonds. The van der Waals surface area contributed by atoms with Crippen molar-refractivity contribution in [2.45, 2.75) is 64.0 Å². The summed E-state index contributed by atoms with van der Waals surface area (Å²) >= 11 is 0. The molecular weight excluding hydrogens is 224 g/mol. The first-order valence-corrected chi connectivity index (χ1v) is 6.11. The van der Waals surface area contributed by atoms with Crippen molar-refractivity contribution in [3.05, 3.63) is 0 Å². The molecule has 17 heavy (non-hydrogen) atoms. The molecule has 2 rings (SSSR count). The number of rotatable bonds is 2. The Morgan fingerprint density at radius 2 is 1.76 bits per heavy atom. The second-order valence-corrected chi connectivity index (χ2v) is 5.51. The van der Waals surface area contributed by atoms with E-state index in [0.29, 0.717) is 6.61 Å². The molecule has 0 aromatic carbocycles. The van der Waals surface area contributed by atoms with Gasteiger partial charge >= 0.3 is 0 Å². The van der Waals surface area contributed by atoms with Gasteiger partial charge in [-0.3, -0.25) is 0 Å². The molecule has 5 nitrogen and oxygen atoms in total. The van der Waals surface area contributed by atoms with E-state index in [1.807, 2.05) is 27.7 Å². The molecule has 0 saturated carbocycles. The highest BCUT2D eigenvalue weighted by molar-refractivity contribution is 4.89. The van der Waals surface area contributed by atoms with Gasteiger partial charge in [0.2, 0.25) is 0 Å². The Morgan fingerprint density at radius 3 is 2.35 bits per heavy atom. The van der Waals surface area contributed by atoms with Crippen molar-refractivity contribution in [3.63, 3.8) is 0 Å². The zero-order chi connectivity index (χ0) is 12.7. The Kier molecular flexibility index (Phi) is 3.49. The van der Waals surface area contributed by atoms with Crippen LogP contribution < -0.4 is 0 Å². The third kappa shape index (κ3) is 2.98. The Morgan fingerprint density at radius 1 is 1.06 bits per heavy atom. The van der Waals surface area contributed by atoms with Crippen molar-refractivity contribution < 1.29 is 24.1 Å². The largest absolute Gasteiger partial charge is 0.394 e. The summed E-state index contributed by atoms with van der Waals surface area (Å²) < 4.78 is 22.8. The lowest BCUT2D eigenvalue weighted by molar-refractivity contribution is -0.293. The van der Waals surface area contributed by atoms with Gasteiger partial charge in [0.05, 0.1) is 19.3 Å². The van der Waals surface area contributed by atoms with E-state index in [1.165, 1.54) is 0 Å². The van der Waals surface area contributed by atoms with E-state index < -0.39 is 11.6 Å². The van der Waals surface area contributed by atoms with Crippen LogP contribution >= 0.6 is 0 Å². The summed E-state index contributed by atoms with van der Waals surface area (Å²) in [5.74, 6) is -1.26. The van der Waals surface area contributed by atoms with Crippen LogP contribution in [0, 0.1) is 0 Å². The fourth-order valence-electron chi connectivity index (χ4n) is 2.43. The zero-order valence-electron chi connectivity index (χ0n) is 10.9. The summed E-state index contributed by atoms with van der Waals surface area (Å²) in [6, 6.07) is 0. The first kappa shape index (κ1) is 13.2. The van der Waals surface area contributed by atoms with Gasteiger partial charge in [0.15, 0.2) is 11.6 Å². The second kappa shape index (κ2) is 4.48. The van der Waals surface area contributed by atoms with E-state index in [2.05, 4.69) is 0 Å². The van der Waals surface area contributed by atoms with Gasteiger partial charge < -0.3 is 24.1 Å². The lowest BCUT2D eigenvalue weighted by atomic mass is 10.0. The normalized spacial score (nSPS) is 40.4. The summed E-state index contributed by atoms with van der Waals surface area (Å²) in [5.41, 5.74) is 0. The van der Waals surface area contributed by atoms with Gasteiger partial charge in [0.1, 0.15) is 12.2 Å². The Bertz CT molecular complexity index is 276. The van der Waals surface area contributed by atoms with Crippen LogP contribution in [0.25, 0.3) is 0 Å². The highest BCUT2D eigenvalue weighted by atomic mass is 16.8. The summed E-state index contributed by atoms with van der Waals surface area (Å²) in [6.07, 6.45) is 0.0871. The molecule has 3 atom stereocenters. The van der Waals surface area contributed by atoms with Gasteiger partial charge in [-0.25, -0.2) is 0 Å². The molecule has 0 radical (unpaired) electrons. The maximum absolute atomic E-state index is 9.34. The van der Waals surface area contributed by atoms with E-state index in [1.54, 1.807) is 0 Å². The van der Waals surface area contributed by atoms with Gasteiger partial charge in [-0.05, 0) is 34.1 Å². The molecule has 2 aliphatic heterocycles. The molecule has 5 heteroatoms. The van der Waals surface area contributed by atoms with Crippen molar-refractivity contribution in [3.8, 4) is 0 Å². The Labute approximate surface area is 102 Å². The monoisotopic (exact) mass is 246 g/mol. The first-order valence-electron chi connectivity index (χ1n) is 6.11. The Balaban J connectivity index is 2.06. The zero-order valence-corrected chi connectivity index (χ0v) is 10.9. The van der Waals surface area contributed by atoms with Gasteiger partial charge in [-0.1, -0.05) is 0 Å². The van der Waals surface area contributed by atoms with Gasteiger partial charge in [0.25, 0.3) is 0 Å². The lowest BCUT2D eigenvalue weighted by Gasteiger charge is -2.39. The van der Waals surface area contributed by atoms with Crippen LogP contribution in [-0.2, 0) is 18.9 Å². The van der Waals surface area contributed by atoms with Crippen LogP contribution in [0.2, 0.25) is 0 Å². The molecule has 0 aromatic rings. The second-order valence-electron chi connectivity index (χ2n) is 5.51. The predicted molar refractivity (Wildman–Crippen MR) is 60.4 cm³/mol. The van der Waals surface area contributed by atoms with E-state index in [9.17, 15) is 5.11 Å². The molecule has 2 aliphatic rings. The van der Waals surface area contributed by atoms with Crippen LogP contribution in [0.15, 0.2) is 0 Å². The summed E-state index contributed by atoms with van der Waals surface area (Å²) in [5, 5.41) is 9.34. The lowest BCUT2D eigenvalue weighted by Crippen LogP contribution is -2.48. The van der Waals surface area contributed by atoms with Crippen LogP contribution in [-0.4, -0.2) is 48.2 Å². The number of aliphatic hydroxyl groups excluding tert-OH is 1.